The number of carbonyl (C=O) groups excluding carboxylic acids is 1. The van der Waals surface area contributed by atoms with Gasteiger partial charge in [0.15, 0.2) is 5.82 Å². The molecular formula is C16H14FN3O. The van der Waals surface area contributed by atoms with Crippen LogP contribution in [0.3, 0.4) is 0 Å². The van der Waals surface area contributed by atoms with Crippen molar-refractivity contribution in [3.63, 3.8) is 0 Å². The highest BCUT2D eigenvalue weighted by molar-refractivity contribution is 6.02. The number of aryl methyl sites for hydroxylation is 1. The van der Waals surface area contributed by atoms with Crippen LogP contribution < -0.4 is 4.90 Å². The summed E-state index contributed by atoms with van der Waals surface area (Å²) < 4.78 is 13.9. The highest BCUT2D eigenvalue weighted by atomic mass is 19.1. The first-order valence-corrected chi connectivity index (χ1v) is 6.24. The van der Waals surface area contributed by atoms with E-state index in [-0.39, 0.29) is 11.6 Å². The second kappa shape index (κ2) is 6.09. The number of nitrogens with zero attached hydrogens (tertiary/aromatic N) is 3. The van der Waals surface area contributed by atoms with Crippen molar-refractivity contribution in [2.45, 2.75) is 6.92 Å². The van der Waals surface area contributed by atoms with Crippen molar-refractivity contribution in [1.82, 2.24) is 9.97 Å². The van der Waals surface area contributed by atoms with Gasteiger partial charge in [0.1, 0.15) is 11.5 Å². The normalized spacial score (nSPS) is 10.0. The summed E-state index contributed by atoms with van der Waals surface area (Å²) in [6.45, 7) is 8.72. The van der Waals surface area contributed by atoms with Crippen molar-refractivity contribution in [3.8, 4) is 11.3 Å². The standard InChI is InChI=1S/C16H14FN3O/c1-4-15(21)20(5-2)13-8-6-7-12(9-13)16-14(17)10-18-11(3)19-16/h4-10H,1-2H2,3H3. The second-order valence-electron chi connectivity index (χ2n) is 4.26. The van der Waals surface area contributed by atoms with Gasteiger partial charge < -0.3 is 0 Å². The molecule has 0 N–H and O–H groups in total. The first kappa shape index (κ1) is 14.6. The number of halogens is 1. The number of hydrogen-bond donors (Lipinski definition) is 0. The number of rotatable bonds is 4. The largest absolute Gasteiger partial charge is 0.285 e. The van der Waals surface area contributed by atoms with Gasteiger partial charge in [-0.05, 0) is 25.1 Å². The van der Waals surface area contributed by atoms with Crippen molar-refractivity contribution in [3.05, 3.63) is 67.5 Å². The quantitative estimate of drug-likeness (QED) is 0.809. The maximum atomic E-state index is 13.9. The summed E-state index contributed by atoms with van der Waals surface area (Å²) in [5, 5.41) is 0. The zero-order valence-corrected chi connectivity index (χ0v) is 11.6. The van der Waals surface area contributed by atoms with E-state index in [0.29, 0.717) is 17.1 Å². The third-order valence-corrected chi connectivity index (χ3v) is 2.86. The number of carbonyl (C=O) groups is 1. The van der Waals surface area contributed by atoms with Gasteiger partial charge in [-0.15, -0.1) is 0 Å². The number of anilines is 1. The van der Waals surface area contributed by atoms with Crippen LogP contribution in [0.4, 0.5) is 10.1 Å². The number of amides is 1. The molecule has 0 aliphatic carbocycles. The van der Waals surface area contributed by atoms with E-state index in [0.717, 1.165) is 6.20 Å². The SMILES string of the molecule is C=CC(=O)N(C=C)c1cccc(-c2nc(C)ncc2F)c1. The lowest BCUT2D eigenvalue weighted by molar-refractivity contribution is -0.113. The second-order valence-corrected chi connectivity index (χ2v) is 4.26. The monoisotopic (exact) mass is 283 g/mol. The van der Waals surface area contributed by atoms with Crippen LogP contribution in [0.2, 0.25) is 0 Å². The Morgan fingerprint density at radius 2 is 2.14 bits per heavy atom. The van der Waals surface area contributed by atoms with Crippen molar-refractivity contribution < 1.29 is 9.18 Å². The van der Waals surface area contributed by atoms with Crippen molar-refractivity contribution in [1.29, 1.82) is 0 Å². The van der Waals surface area contributed by atoms with Gasteiger partial charge in [0.2, 0.25) is 0 Å². The fourth-order valence-electron chi connectivity index (χ4n) is 1.88. The van der Waals surface area contributed by atoms with Crippen LogP contribution in [0.25, 0.3) is 11.3 Å². The molecular weight excluding hydrogens is 269 g/mol. The molecule has 0 saturated heterocycles. The summed E-state index contributed by atoms with van der Waals surface area (Å²) >= 11 is 0. The average Bonchev–Trinajstić information content (AvgIpc) is 2.50. The molecule has 0 saturated carbocycles. The molecule has 0 aliphatic heterocycles. The molecule has 21 heavy (non-hydrogen) atoms. The Morgan fingerprint density at radius 1 is 1.38 bits per heavy atom. The average molecular weight is 283 g/mol. The lowest BCUT2D eigenvalue weighted by Crippen LogP contribution is -2.22. The topological polar surface area (TPSA) is 46.1 Å². The highest BCUT2D eigenvalue weighted by Crippen LogP contribution is 2.25. The summed E-state index contributed by atoms with van der Waals surface area (Å²) in [5.74, 6) is -0.362. The van der Waals surface area contributed by atoms with E-state index in [1.165, 1.54) is 17.2 Å². The van der Waals surface area contributed by atoms with Gasteiger partial charge in [0.25, 0.3) is 5.91 Å². The lowest BCUT2D eigenvalue weighted by atomic mass is 10.1. The predicted octanol–water partition coefficient (Wildman–Crippen LogP) is 3.25. The van der Waals surface area contributed by atoms with Crippen LogP contribution in [0.15, 0.2) is 55.9 Å². The summed E-state index contributed by atoms with van der Waals surface area (Å²) in [6, 6.07) is 6.81. The minimum Gasteiger partial charge on any atom is -0.285 e. The lowest BCUT2D eigenvalue weighted by Gasteiger charge is -2.17. The van der Waals surface area contributed by atoms with Crippen LogP contribution in [-0.4, -0.2) is 15.9 Å². The Kier molecular flexibility index (Phi) is 4.23. The summed E-state index contributed by atoms with van der Waals surface area (Å²) in [5.41, 5.74) is 1.31. The predicted molar refractivity (Wildman–Crippen MR) is 80.0 cm³/mol. The molecule has 5 heteroatoms. The zero-order valence-electron chi connectivity index (χ0n) is 11.6. The third kappa shape index (κ3) is 3.02. The summed E-state index contributed by atoms with van der Waals surface area (Å²) in [4.78, 5) is 21.0. The fourth-order valence-corrected chi connectivity index (χ4v) is 1.88. The Hall–Kier alpha value is -2.82. The molecule has 2 rings (SSSR count). The van der Waals surface area contributed by atoms with Gasteiger partial charge in [-0.1, -0.05) is 25.3 Å². The van der Waals surface area contributed by atoms with E-state index in [2.05, 4.69) is 23.1 Å². The van der Waals surface area contributed by atoms with E-state index in [1.54, 1.807) is 31.2 Å². The van der Waals surface area contributed by atoms with Gasteiger partial charge in [-0.2, -0.15) is 0 Å². The molecule has 0 atom stereocenters. The third-order valence-electron chi connectivity index (χ3n) is 2.86. The Balaban J connectivity index is 2.51. The smallest absolute Gasteiger partial charge is 0.254 e. The molecule has 1 aromatic heterocycles. The minimum absolute atomic E-state index is 0.194. The van der Waals surface area contributed by atoms with Crippen LogP contribution >= 0.6 is 0 Å². The van der Waals surface area contributed by atoms with Gasteiger partial charge in [-0.25, -0.2) is 14.4 Å². The number of hydrogen-bond acceptors (Lipinski definition) is 3. The van der Waals surface area contributed by atoms with Crippen LogP contribution in [0.1, 0.15) is 5.82 Å². The number of benzene rings is 1. The van der Waals surface area contributed by atoms with Crippen LogP contribution in [0.5, 0.6) is 0 Å². The molecule has 0 spiro atoms. The molecule has 4 nitrogen and oxygen atoms in total. The van der Waals surface area contributed by atoms with Crippen molar-refractivity contribution >= 4 is 11.6 Å². The number of aromatic nitrogens is 2. The Morgan fingerprint density at radius 3 is 2.81 bits per heavy atom. The van der Waals surface area contributed by atoms with Gasteiger partial charge in [0.05, 0.1) is 6.20 Å². The zero-order chi connectivity index (χ0) is 15.4. The molecule has 1 amide bonds. The van der Waals surface area contributed by atoms with E-state index < -0.39 is 5.82 Å². The summed E-state index contributed by atoms with van der Waals surface area (Å²) in [7, 11) is 0. The molecule has 0 bridgehead atoms. The van der Waals surface area contributed by atoms with Gasteiger partial charge in [0, 0.05) is 17.5 Å². The van der Waals surface area contributed by atoms with E-state index >= 15 is 0 Å². The maximum Gasteiger partial charge on any atom is 0.254 e. The first-order chi connectivity index (χ1) is 10.1. The maximum absolute atomic E-state index is 13.9. The first-order valence-electron chi connectivity index (χ1n) is 6.24. The van der Waals surface area contributed by atoms with Crippen LogP contribution in [-0.2, 0) is 4.79 Å². The van der Waals surface area contributed by atoms with Crippen molar-refractivity contribution in [2.75, 3.05) is 4.90 Å². The molecule has 106 valence electrons. The fraction of sp³-hybridized carbons (Fsp3) is 0.0625. The van der Waals surface area contributed by atoms with Gasteiger partial charge >= 0.3 is 0 Å². The minimum atomic E-state index is -0.516. The van der Waals surface area contributed by atoms with E-state index in [9.17, 15) is 9.18 Å². The Labute approximate surface area is 122 Å². The molecule has 0 unspecified atom stereocenters. The Bertz CT molecular complexity index is 712. The molecule has 0 radical (unpaired) electrons. The van der Waals surface area contributed by atoms with E-state index in [1.807, 2.05) is 0 Å². The molecule has 0 fully saturated rings. The summed E-state index contributed by atoms with van der Waals surface area (Å²) in [6.07, 6.45) is 3.69. The molecule has 1 heterocycles. The highest BCUT2D eigenvalue weighted by Gasteiger charge is 2.13. The molecule has 0 aliphatic rings. The van der Waals surface area contributed by atoms with Crippen LogP contribution in [0, 0.1) is 12.7 Å². The van der Waals surface area contributed by atoms with Gasteiger partial charge in [-0.3, -0.25) is 9.69 Å². The molecule has 1 aromatic carbocycles. The van der Waals surface area contributed by atoms with Crippen molar-refractivity contribution in [2.24, 2.45) is 0 Å². The molecule has 2 aromatic rings. The van der Waals surface area contributed by atoms with E-state index in [4.69, 9.17) is 0 Å².